The Hall–Kier alpha value is -3.41. The van der Waals surface area contributed by atoms with E-state index in [0.29, 0.717) is 32.5 Å². The Morgan fingerprint density at radius 3 is 2.42 bits per heavy atom. The molecule has 2 aromatic carbocycles. The zero-order valence-electron chi connectivity index (χ0n) is 17.4. The van der Waals surface area contributed by atoms with Gasteiger partial charge in [0.25, 0.3) is 5.91 Å². The number of piperidine rings is 1. The van der Waals surface area contributed by atoms with Crippen molar-refractivity contribution in [2.75, 3.05) is 31.1 Å². The molecule has 0 unspecified atom stereocenters. The van der Waals surface area contributed by atoms with Crippen LogP contribution in [0.25, 0.3) is 6.08 Å². The van der Waals surface area contributed by atoms with Crippen LogP contribution in [0.2, 0.25) is 0 Å². The number of ether oxygens (including phenoxy) is 1. The van der Waals surface area contributed by atoms with E-state index in [1.807, 2.05) is 54.6 Å². The lowest BCUT2D eigenvalue weighted by molar-refractivity contribution is -0.154. The van der Waals surface area contributed by atoms with Crippen LogP contribution < -0.4 is 4.90 Å². The van der Waals surface area contributed by atoms with Gasteiger partial charge in [-0.05, 0) is 42.5 Å². The maximum absolute atomic E-state index is 12.5. The van der Waals surface area contributed by atoms with Gasteiger partial charge < -0.3 is 14.5 Å². The number of anilines is 1. The van der Waals surface area contributed by atoms with Crippen LogP contribution in [-0.2, 0) is 25.5 Å². The summed E-state index contributed by atoms with van der Waals surface area (Å²) in [6.07, 6.45) is 5.28. The lowest BCUT2D eigenvalue weighted by atomic mass is 9.97. The van der Waals surface area contributed by atoms with Crippen LogP contribution >= 0.6 is 0 Å². The minimum atomic E-state index is -0.354. The van der Waals surface area contributed by atoms with Crippen LogP contribution in [0.3, 0.4) is 0 Å². The summed E-state index contributed by atoms with van der Waals surface area (Å²) in [7, 11) is 0. The molecule has 0 aliphatic carbocycles. The number of likely N-dealkylation sites (tertiary alicyclic amines) is 1. The molecule has 4 rings (SSSR count). The molecular formula is C25H26N2O4. The standard InChI is InChI=1S/C25H26N2O4/c28-23(11-10-19-6-2-1-3-7-19)26-15-12-21(13-16-26)25(30)31-18-24(29)27-17-14-20-8-4-5-9-22(20)27/h1-11,21H,12-18H2/b11-10+. The Kier molecular flexibility index (Phi) is 6.46. The highest BCUT2D eigenvalue weighted by Gasteiger charge is 2.29. The number of rotatable bonds is 5. The first-order valence-electron chi connectivity index (χ1n) is 10.7. The molecule has 1 fully saturated rings. The summed E-state index contributed by atoms with van der Waals surface area (Å²) >= 11 is 0. The van der Waals surface area contributed by atoms with Crippen LogP contribution in [-0.4, -0.2) is 48.9 Å². The largest absolute Gasteiger partial charge is 0.455 e. The normalized spacial score (nSPS) is 16.4. The molecule has 0 radical (unpaired) electrons. The van der Waals surface area contributed by atoms with Crippen molar-refractivity contribution >= 4 is 29.5 Å². The van der Waals surface area contributed by atoms with Gasteiger partial charge in [0.1, 0.15) is 0 Å². The lowest BCUT2D eigenvalue weighted by Gasteiger charge is -2.30. The highest BCUT2D eigenvalue weighted by molar-refractivity contribution is 5.97. The molecule has 6 nitrogen and oxygen atoms in total. The van der Waals surface area contributed by atoms with Crippen LogP contribution in [0.1, 0.15) is 24.0 Å². The first-order chi connectivity index (χ1) is 15.1. The fourth-order valence-corrected chi connectivity index (χ4v) is 4.10. The van der Waals surface area contributed by atoms with E-state index in [1.165, 1.54) is 0 Å². The number of hydrogen-bond acceptors (Lipinski definition) is 4. The summed E-state index contributed by atoms with van der Waals surface area (Å²) in [5.41, 5.74) is 3.01. The van der Waals surface area contributed by atoms with E-state index in [0.717, 1.165) is 23.2 Å². The summed E-state index contributed by atoms with van der Waals surface area (Å²) in [6.45, 7) is 1.38. The fraction of sp³-hybridized carbons (Fsp3) is 0.320. The summed E-state index contributed by atoms with van der Waals surface area (Å²) in [6, 6.07) is 17.5. The second-order valence-electron chi connectivity index (χ2n) is 7.88. The van der Waals surface area contributed by atoms with E-state index < -0.39 is 0 Å². The van der Waals surface area contributed by atoms with Gasteiger partial charge in [0.15, 0.2) is 6.61 Å². The smallest absolute Gasteiger partial charge is 0.309 e. The van der Waals surface area contributed by atoms with Crippen molar-refractivity contribution in [3.05, 3.63) is 71.8 Å². The Bertz CT molecular complexity index is 978. The van der Waals surface area contributed by atoms with Gasteiger partial charge in [-0.2, -0.15) is 0 Å². The quantitative estimate of drug-likeness (QED) is 0.553. The molecule has 6 heteroatoms. The average Bonchev–Trinajstić information content (AvgIpc) is 3.26. The van der Waals surface area contributed by atoms with Crippen molar-refractivity contribution in [1.29, 1.82) is 0 Å². The van der Waals surface area contributed by atoms with E-state index in [1.54, 1.807) is 22.0 Å². The number of fused-ring (bicyclic) bond motifs is 1. The molecule has 0 aromatic heterocycles. The van der Waals surface area contributed by atoms with Gasteiger partial charge >= 0.3 is 5.97 Å². The van der Waals surface area contributed by atoms with Gasteiger partial charge in [-0.1, -0.05) is 48.5 Å². The van der Waals surface area contributed by atoms with Crippen molar-refractivity contribution < 1.29 is 19.1 Å². The van der Waals surface area contributed by atoms with Gasteiger partial charge in [0, 0.05) is 31.4 Å². The summed E-state index contributed by atoms with van der Waals surface area (Å²) in [5, 5.41) is 0. The van der Waals surface area contributed by atoms with Crippen LogP contribution in [0.15, 0.2) is 60.7 Å². The molecular weight excluding hydrogens is 392 g/mol. The van der Waals surface area contributed by atoms with Gasteiger partial charge in [-0.15, -0.1) is 0 Å². The van der Waals surface area contributed by atoms with E-state index in [4.69, 9.17) is 4.74 Å². The number of carbonyl (C=O) groups is 3. The Morgan fingerprint density at radius 1 is 0.935 bits per heavy atom. The topological polar surface area (TPSA) is 66.9 Å². The van der Waals surface area contributed by atoms with E-state index in [9.17, 15) is 14.4 Å². The van der Waals surface area contributed by atoms with Gasteiger partial charge in [0.2, 0.25) is 5.91 Å². The molecule has 0 spiro atoms. The first kappa shape index (κ1) is 20.8. The molecule has 2 amide bonds. The molecule has 0 N–H and O–H groups in total. The third-order valence-corrected chi connectivity index (χ3v) is 5.88. The maximum atomic E-state index is 12.5. The van der Waals surface area contributed by atoms with E-state index >= 15 is 0 Å². The highest BCUT2D eigenvalue weighted by Crippen LogP contribution is 2.27. The van der Waals surface area contributed by atoms with Gasteiger partial charge in [-0.3, -0.25) is 14.4 Å². The molecule has 0 saturated carbocycles. The Balaban J connectivity index is 1.22. The SMILES string of the molecule is O=C(OCC(=O)N1CCc2ccccc21)C1CCN(C(=O)/C=C/c2ccccc2)CC1. The second kappa shape index (κ2) is 9.60. The minimum Gasteiger partial charge on any atom is -0.455 e. The van der Waals surface area contributed by atoms with Crippen molar-refractivity contribution in [3.8, 4) is 0 Å². The fourth-order valence-electron chi connectivity index (χ4n) is 4.10. The summed E-state index contributed by atoms with van der Waals surface area (Å²) < 4.78 is 5.32. The third-order valence-electron chi connectivity index (χ3n) is 5.88. The van der Waals surface area contributed by atoms with Gasteiger partial charge in [0.05, 0.1) is 5.92 Å². The summed E-state index contributed by atoms with van der Waals surface area (Å²) in [5.74, 6) is -0.885. The minimum absolute atomic E-state index is 0.0569. The van der Waals surface area contributed by atoms with Crippen molar-refractivity contribution in [1.82, 2.24) is 4.90 Å². The lowest BCUT2D eigenvalue weighted by Crippen LogP contribution is -2.40. The molecule has 1 saturated heterocycles. The van der Waals surface area contributed by atoms with E-state index in [2.05, 4.69) is 0 Å². The summed E-state index contributed by atoms with van der Waals surface area (Å²) in [4.78, 5) is 40.8. The predicted octanol–water partition coefficient (Wildman–Crippen LogP) is 3.07. The number of hydrogen-bond donors (Lipinski definition) is 0. The van der Waals surface area contributed by atoms with E-state index in [-0.39, 0.29) is 30.3 Å². The Labute approximate surface area is 182 Å². The highest BCUT2D eigenvalue weighted by atomic mass is 16.5. The zero-order valence-corrected chi connectivity index (χ0v) is 17.4. The second-order valence-corrected chi connectivity index (χ2v) is 7.88. The molecule has 2 heterocycles. The first-order valence-corrected chi connectivity index (χ1v) is 10.7. The zero-order chi connectivity index (χ0) is 21.6. The molecule has 0 atom stereocenters. The predicted molar refractivity (Wildman–Crippen MR) is 118 cm³/mol. The molecule has 0 bridgehead atoms. The van der Waals surface area contributed by atoms with Gasteiger partial charge in [-0.25, -0.2) is 0 Å². The van der Waals surface area contributed by atoms with Crippen molar-refractivity contribution in [2.24, 2.45) is 5.92 Å². The monoisotopic (exact) mass is 418 g/mol. The molecule has 2 aliphatic heterocycles. The van der Waals surface area contributed by atoms with Crippen LogP contribution in [0, 0.1) is 5.92 Å². The third kappa shape index (κ3) is 5.02. The maximum Gasteiger partial charge on any atom is 0.309 e. The van der Waals surface area contributed by atoms with Crippen LogP contribution in [0.4, 0.5) is 5.69 Å². The number of benzene rings is 2. The van der Waals surface area contributed by atoms with Crippen LogP contribution in [0.5, 0.6) is 0 Å². The van der Waals surface area contributed by atoms with Crippen molar-refractivity contribution in [3.63, 3.8) is 0 Å². The molecule has 2 aliphatic rings. The average molecular weight is 418 g/mol. The Morgan fingerprint density at radius 2 is 1.65 bits per heavy atom. The number of esters is 1. The number of nitrogens with zero attached hydrogens (tertiary/aromatic N) is 2. The molecule has 31 heavy (non-hydrogen) atoms. The molecule has 160 valence electrons. The number of carbonyl (C=O) groups excluding carboxylic acids is 3. The molecule has 2 aromatic rings. The number of para-hydroxylation sites is 1. The van der Waals surface area contributed by atoms with Crippen molar-refractivity contribution in [2.45, 2.75) is 19.3 Å². The number of amides is 2.